The fourth-order valence-corrected chi connectivity index (χ4v) is 2.85. The molecule has 0 unspecified atom stereocenters. The topological polar surface area (TPSA) is 73.9 Å². The van der Waals surface area contributed by atoms with Crippen LogP contribution in [0.1, 0.15) is 41.3 Å². The van der Waals surface area contributed by atoms with E-state index < -0.39 is 5.97 Å². The normalized spacial score (nSPS) is 12.5. The number of hydrogen-bond acceptors (Lipinski definition) is 5. The van der Waals surface area contributed by atoms with E-state index in [9.17, 15) is 9.59 Å². The van der Waals surface area contributed by atoms with Gasteiger partial charge in [0.25, 0.3) is 5.91 Å². The summed E-state index contributed by atoms with van der Waals surface area (Å²) < 4.78 is 15.9. The van der Waals surface area contributed by atoms with Gasteiger partial charge in [-0.15, -0.1) is 0 Å². The molecule has 148 valence electrons. The van der Waals surface area contributed by atoms with Crippen molar-refractivity contribution in [3.05, 3.63) is 59.2 Å². The number of esters is 1. The first-order valence-corrected chi connectivity index (χ1v) is 9.45. The van der Waals surface area contributed by atoms with E-state index in [1.54, 1.807) is 18.2 Å². The summed E-state index contributed by atoms with van der Waals surface area (Å²) in [7, 11) is 0. The minimum atomic E-state index is -0.573. The quantitative estimate of drug-likeness (QED) is 0.744. The number of fused-ring (bicyclic) bond motifs is 1. The number of benzene rings is 2. The molecule has 0 spiro atoms. The summed E-state index contributed by atoms with van der Waals surface area (Å²) >= 11 is 0. The first-order valence-electron chi connectivity index (χ1n) is 9.45. The lowest BCUT2D eigenvalue weighted by atomic mass is 10.0. The van der Waals surface area contributed by atoms with E-state index in [0.29, 0.717) is 42.7 Å². The zero-order valence-corrected chi connectivity index (χ0v) is 16.2. The average molecular weight is 383 g/mol. The SMILES string of the molecule is CC(C)c1ccc(CCNC(=O)COC(=O)c2ccc3c(c2)OCCO3)cc1. The zero-order valence-electron chi connectivity index (χ0n) is 16.2. The number of nitrogens with one attached hydrogen (secondary N) is 1. The molecule has 6 nitrogen and oxygen atoms in total. The maximum Gasteiger partial charge on any atom is 0.338 e. The van der Waals surface area contributed by atoms with E-state index in [-0.39, 0.29) is 12.5 Å². The third-order valence-electron chi connectivity index (χ3n) is 4.49. The van der Waals surface area contributed by atoms with Crippen molar-refractivity contribution in [1.29, 1.82) is 0 Å². The Morgan fingerprint density at radius 2 is 1.75 bits per heavy atom. The number of hydrogen-bond donors (Lipinski definition) is 1. The van der Waals surface area contributed by atoms with Crippen LogP contribution in [0.5, 0.6) is 11.5 Å². The first kappa shape index (κ1) is 19.7. The summed E-state index contributed by atoms with van der Waals surface area (Å²) in [5, 5.41) is 2.76. The van der Waals surface area contributed by atoms with Crippen LogP contribution in [0.2, 0.25) is 0 Å². The van der Waals surface area contributed by atoms with Crippen molar-refractivity contribution in [2.75, 3.05) is 26.4 Å². The minimum absolute atomic E-state index is 0.320. The Morgan fingerprint density at radius 3 is 2.46 bits per heavy atom. The predicted octanol–water partition coefficient (Wildman–Crippen LogP) is 3.10. The summed E-state index contributed by atoms with van der Waals surface area (Å²) in [5.74, 6) is 0.703. The summed E-state index contributed by atoms with van der Waals surface area (Å²) in [6.45, 7) is 5.40. The van der Waals surface area contributed by atoms with Crippen molar-refractivity contribution < 1.29 is 23.8 Å². The Morgan fingerprint density at radius 1 is 1.04 bits per heavy atom. The molecule has 0 saturated heterocycles. The lowest BCUT2D eigenvalue weighted by Crippen LogP contribution is -2.30. The average Bonchev–Trinajstić information content (AvgIpc) is 2.72. The minimum Gasteiger partial charge on any atom is -0.486 e. The lowest BCUT2D eigenvalue weighted by Gasteiger charge is -2.18. The molecule has 1 heterocycles. The maximum absolute atomic E-state index is 12.1. The van der Waals surface area contributed by atoms with Crippen LogP contribution < -0.4 is 14.8 Å². The standard InChI is InChI=1S/C22H25NO5/c1-15(2)17-5-3-16(4-6-17)9-10-23-21(24)14-28-22(25)18-7-8-19-20(13-18)27-12-11-26-19/h3-8,13,15H,9-12,14H2,1-2H3,(H,23,24). The highest BCUT2D eigenvalue weighted by Gasteiger charge is 2.16. The van der Waals surface area contributed by atoms with Crippen LogP contribution in [0, 0.1) is 0 Å². The zero-order chi connectivity index (χ0) is 19.9. The molecule has 2 aromatic carbocycles. The van der Waals surface area contributed by atoms with Gasteiger partial charge >= 0.3 is 5.97 Å². The molecule has 1 aliphatic heterocycles. The molecule has 1 aliphatic rings. The Kier molecular flexibility index (Phi) is 6.53. The van der Waals surface area contributed by atoms with Crippen molar-refractivity contribution in [1.82, 2.24) is 5.32 Å². The monoisotopic (exact) mass is 383 g/mol. The first-order chi connectivity index (χ1) is 13.5. The van der Waals surface area contributed by atoms with E-state index in [4.69, 9.17) is 14.2 Å². The second kappa shape index (κ2) is 9.26. The van der Waals surface area contributed by atoms with Crippen LogP contribution in [-0.4, -0.2) is 38.2 Å². The highest BCUT2D eigenvalue weighted by Crippen LogP contribution is 2.30. The third kappa shape index (κ3) is 5.25. The van der Waals surface area contributed by atoms with E-state index in [0.717, 1.165) is 12.0 Å². The van der Waals surface area contributed by atoms with Crippen LogP contribution in [-0.2, 0) is 16.0 Å². The largest absolute Gasteiger partial charge is 0.486 e. The molecule has 2 aromatic rings. The molecule has 0 atom stereocenters. The summed E-state index contributed by atoms with van der Waals surface area (Å²) in [6, 6.07) is 13.2. The summed E-state index contributed by atoms with van der Waals surface area (Å²) in [5.41, 5.74) is 2.76. The van der Waals surface area contributed by atoms with Crippen LogP contribution in [0.3, 0.4) is 0 Å². The number of carbonyl (C=O) groups is 2. The number of rotatable bonds is 7. The van der Waals surface area contributed by atoms with Crippen molar-refractivity contribution in [3.8, 4) is 11.5 Å². The van der Waals surface area contributed by atoms with Crippen molar-refractivity contribution >= 4 is 11.9 Å². The molecule has 0 saturated carbocycles. The highest BCUT2D eigenvalue weighted by atomic mass is 16.6. The van der Waals surface area contributed by atoms with E-state index in [1.807, 2.05) is 0 Å². The Hall–Kier alpha value is -3.02. The van der Waals surface area contributed by atoms with Crippen molar-refractivity contribution in [3.63, 3.8) is 0 Å². The molecule has 6 heteroatoms. The molecule has 1 amide bonds. The summed E-state index contributed by atoms with van der Waals surface area (Å²) in [6.07, 6.45) is 0.722. The van der Waals surface area contributed by atoms with Crippen molar-refractivity contribution in [2.45, 2.75) is 26.2 Å². The molecular formula is C22H25NO5. The summed E-state index contributed by atoms with van der Waals surface area (Å²) in [4.78, 5) is 24.0. The van der Waals surface area contributed by atoms with Gasteiger partial charge in [-0.1, -0.05) is 38.1 Å². The molecule has 28 heavy (non-hydrogen) atoms. The van der Waals surface area contributed by atoms with Gasteiger partial charge in [0.05, 0.1) is 5.56 Å². The van der Waals surface area contributed by atoms with E-state index in [1.165, 1.54) is 5.56 Å². The van der Waals surface area contributed by atoms with Gasteiger partial charge in [-0.2, -0.15) is 0 Å². The van der Waals surface area contributed by atoms with Crippen LogP contribution in [0.25, 0.3) is 0 Å². The van der Waals surface area contributed by atoms with Gasteiger partial charge in [-0.05, 0) is 41.7 Å². The van der Waals surface area contributed by atoms with Gasteiger partial charge < -0.3 is 19.5 Å². The van der Waals surface area contributed by atoms with Gasteiger partial charge in [-0.25, -0.2) is 4.79 Å². The third-order valence-corrected chi connectivity index (χ3v) is 4.49. The second-order valence-corrected chi connectivity index (χ2v) is 6.93. The molecule has 0 radical (unpaired) electrons. The molecular weight excluding hydrogens is 358 g/mol. The fourth-order valence-electron chi connectivity index (χ4n) is 2.85. The van der Waals surface area contributed by atoms with Crippen LogP contribution in [0.15, 0.2) is 42.5 Å². The van der Waals surface area contributed by atoms with E-state index >= 15 is 0 Å². The number of amides is 1. The highest BCUT2D eigenvalue weighted by molar-refractivity contribution is 5.92. The molecule has 1 N–H and O–H groups in total. The maximum atomic E-state index is 12.1. The number of ether oxygens (including phenoxy) is 3. The molecule has 0 aliphatic carbocycles. The van der Waals surface area contributed by atoms with Gasteiger partial charge in [0, 0.05) is 6.54 Å². The van der Waals surface area contributed by atoms with Crippen molar-refractivity contribution in [2.24, 2.45) is 0 Å². The smallest absolute Gasteiger partial charge is 0.338 e. The Labute approximate surface area is 164 Å². The van der Waals surface area contributed by atoms with E-state index in [2.05, 4.69) is 43.4 Å². The number of carbonyl (C=O) groups excluding carboxylic acids is 2. The molecule has 3 rings (SSSR count). The molecule has 0 aromatic heterocycles. The fraction of sp³-hybridized carbons (Fsp3) is 0.364. The Balaban J connectivity index is 1.41. The van der Waals surface area contributed by atoms with Crippen LogP contribution >= 0.6 is 0 Å². The predicted molar refractivity (Wildman–Crippen MR) is 105 cm³/mol. The lowest BCUT2D eigenvalue weighted by molar-refractivity contribution is -0.124. The van der Waals surface area contributed by atoms with Gasteiger partial charge in [0.15, 0.2) is 18.1 Å². The molecule has 0 bridgehead atoms. The van der Waals surface area contributed by atoms with Gasteiger partial charge in [0.1, 0.15) is 13.2 Å². The Bertz CT molecular complexity index is 829. The van der Waals surface area contributed by atoms with Crippen LogP contribution in [0.4, 0.5) is 0 Å². The van der Waals surface area contributed by atoms with Gasteiger partial charge in [0.2, 0.25) is 0 Å². The molecule has 0 fully saturated rings. The second-order valence-electron chi connectivity index (χ2n) is 6.93. The van der Waals surface area contributed by atoms with Gasteiger partial charge in [-0.3, -0.25) is 4.79 Å².